The molecule has 1 heterocycles. The van der Waals surface area contributed by atoms with Gasteiger partial charge in [0.15, 0.2) is 0 Å². The summed E-state index contributed by atoms with van der Waals surface area (Å²) in [7, 11) is 0. The zero-order chi connectivity index (χ0) is 13.7. The number of alkyl halides is 2. The Morgan fingerprint density at radius 3 is 2.63 bits per heavy atom. The molecule has 1 unspecified atom stereocenters. The molecule has 1 aromatic rings. The Morgan fingerprint density at radius 2 is 2.05 bits per heavy atom. The fourth-order valence-electron chi connectivity index (χ4n) is 2.60. The first-order chi connectivity index (χ1) is 9.20. The molecule has 0 amide bonds. The van der Waals surface area contributed by atoms with Crippen molar-refractivity contribution in [2.75, 3.05) is 18.4 Å². The lowest BCUT2D eigenvalue weighted by molar-refractivity contribution is 0.0977. The van der Waals surface area contributed by atoms with E-state index < -0.39 is 0 Å². The highest BCUT2D eigenvalue weighted by Gasteiger charge is 2.32. The summed E-state index contributed by atoms with van der Waals surface area (Å²) in [6, 6.07) is 7.86. The maximum absolute atomic E-state index is 6.23. The van der Waals surface area contributed by atoms with Gasteiger partial charge >= 0.3 is 0 Å². The third-order valence-electron chi connectivity index (χ3n) is 3.92. The van der Waals surface area contributed by atoms with E-state index in [0.717, 1.165) is 42.9 Å². The molecule has 4 heteroatoms. The van der Waals surface area contributed by atoms with Crippen molar-refractivity contribution in [1.82, 2.24) is 0 Å². The van der Waals surface area contributed by atoms with Gasteiger partial charge in [-0.15, -0.1) is 23.2 Å². The summed E-state index contributed by atoms with van der Waals surface area (Å²) in [5.41, 5.74) is 0.919. The van der Waals surface area contributed by atoms with Gasteiger partial charge in [0.05, 0.1) is 6.10 Å². The lowest BCUT2D eigenvalue weighted by Gasteiger charge is -2.31. The summed E-state index contributed by atoms with van der Waals surface area (Å²) in [6.45, 7) is 0.885. The monoisotopic (exact) mass is 320 g/mol. The highest BCUT2D eigenvalue weighted by Crippen LogP contribution is 2.35. The van der Waals surface area contributed by atoms with E-state index >= 15 is 0 Å². The van der Waals surface area contributed by atoms with E-state index in [1.807, 2.05) is 18.2 Å². The standard InChI is InChI=1S/C15H19Cl3O/c16-10-15(11-17,7-6-14-5-2-8-19-14)12-3-1-4-13(18)9-12/h1,3-4,9,14H,2,5-8,10-11H2. The van der Waals surface area contributed by atoms with Crippen molar-refractivity contribution in [2.24, 2.45) is 0 Å². The van der Waals surface area contributed by atoms with E-state index in [9.17, 15) is 0 Å². The summed E-state index contributed by atoms with van der Waals surface area (Å²) >= 11 is 18.5. The van der Waals surface area contributed by atoms with Gasteiger partial charge in [0.25, 0.3) is 0 Å². The number of hydrogen-bond donors (Lipinski definition) is 0. The van der Waals surface area contributed by atoms with E-state index in [1.165, 1.54) is 0 Å². The van der Waals surface area contributed by atoms with Crippen LogP contribution >= 0.6 is 34.8 Å². The van der Waals surface area contributed by atoms with Crippen molar-refractivity contribution < 1.29 is 4.74 Å². The van der Waals surface area contributed by atoms with Gasteiger partial charge < -0.3 is 4.74 Å². The van der Waals surface area contributed by atoms with Gasteiger partial charge in [-0.2, -0.15) is 0 Å². The molecule has 1 nitrogen and oxygen atoms in total. The SMILES string of the molecule is ClCC(CCl)(CCC1CCCO1)c1cccc(Cl)c1. The molecule has 0 saturated carbocycles. The van der Waals surface area contributed by atoms with Crippen LogP contribution in [0.1, 0.15) is 31.2 Å². The number of halogens is 3. The molecule has 1 aliphatic heterocycles. The minimum Gasteiger partial charge on any atom is -0.378 e. The first-order valence-electron chi connectivity index (χ1n) is 6.70. The van der Waals surface area contributed by atoms with Gasteiger partial charge in [-0.1, -0.05) is 23.7 Å². The molecular formula is C15H19Cl3O. The van der Waals surface area contributed by atoms with Crippen LogP contribution in [-0.2, 0) is 10.2 Å². The normalized spacial score (nSPS) is 19.8. The van der Waals surface area contributed by atoms with Crippen LogP contribution in [0.15, 0.2) is 24.3 Å². The van der Waals surface area contributed by atoms with Crippen molar-refractivity contribution in [3.63, 3.8) is 0 Å². The molecule has 0 spiro atoms. The highest BCUT2D eigenvalue weighted by atomic mass is 35.5. The molecule has 1 atom stereocenters. The quantitative estimate of drug-likeness (QED) is 0.669. The average Bonchev–Trinajstić information content (AvgIpc) is 2.94. The first-order valence-corrected chi connectivity index (χ1v) is 8.14. The van der Waals surface area contributed by atoms with Crippen LogP contribution < -0.4 is 0 Å². The lowest BCUT2D eigenvalue weighted by atomic mass is 9.79. The van der Waals surface area contributed by atoms with Crippen LogP contribution in [-0.4, -0.2) is 24.5 Å². The Kier molecular flexibility index (Phi) is 5.83. The predicted octanol–water partition coefficient (Wildman–Crippen LogP) is 5.01. The second kappa shape index (κ2) is 7.17. The van der Waals surface area contributed by atoms with Crippen molar-refractivity contribution in [1.29, 1.82) is 0 Å². The Balaban J connectivity index is 2.11. The molecule has 0 aromatic heterocycles. The topological polar surface area (TPSA) is 9.23 Å². The molecule has 19 heavy (non-hydrogen) atoms. The Labute approximate surface area is 130 Å². The van der Waals surface area contributed by atoms with Crippen molar-refractivity contribution in [3.05, 3.63) is 34.9 Å². The molecule has 1 saturated heterocycles. The Hall–Kier alpha value is 0.0500. The van der Waals surface area contributed by atoms with Gasteiger partial charge in [0.2, 0.25) is 0 Å². The second-order valence-electron chi connectivity index (χ2n) is 5.23. The summed E-state index contributed by atoms with van der Waals surface area (Å²) in [6.07, 6.45) is 4.62. The van der Waals surface area contributed by atoms with Crippen LogP contribution in [0.5, 0.6) is 0 Å². The maximum atomic E-state index is 6.23. The Bertz CT molecular complexity index is 398. The van der Waals surface area contributed by atoms with E-state index in [2.05, 4.69) is 6.07 Å². The minimum atomic E-state index is -0.208. The minimum absolute atomic E-state index is 0.208. The van der Waals surface area contributed by atoms with E-state index in [-0.39, 0.29) is 5.41 Å². The number of hydrogen-bond acceptors (Lipinski definition) is 1. The molecule has 0 aliphatic carbocycles. The molecule has 1 aliphatic rings. The van der Waals surface area contributed by atoms with Crippen molar-refractivity contribution in [3.8, 4) is 0 Å². The highest BCUT2D eigenvalue weighted by molar-refractivity contribution is 6.30. The number of benzene rings is 1. The first kappa shape index (κ1) is 15.4. The fourth-order valence-corrected chi connectivity index (χ4v) is 3.65. The molecule has 0 bridgehead atoms. The van der Waals surface area contributed by atoms with E-state index in [0.29, 0.717) is 17.9 Å². The lowest BCUT2D eigenvalue weighted by Crippen LogP contribution is -2.32. The molecule has 1 aromatic carbocycles. The number of rotatable bonds is 6. The van der Waals surface area contributed by atoms with Crippen molar-refractivity contribution >= 4 is 34.8 Å². The summed E-state index contributed by atoms with van der Waals surface area (Å²) in [5.74, 6) is 1.01. The van der Waals surface area contributed by atoms with Gasteiger partial charge in [-0.05, 0) is 43.4 Å². The molecule has 0 N–H and O–H groups in total. The van der Waals surface area contributed by atoms with Crippen molar-refractivity contribution in [2.45, 2.75) is 37.2 Å². The van der Waals surface area contributed by atoms with E-state index in [1.54, 1.807) is 0 Å². The van der Waals surface area contributed by atoms with Crippen LogP contribution in [0.4, 0.5) is 0 Å². The Morgan fingerprint density at radius 1 is 1.26 bits per heavy atom. The summed E-state index contributed by atoms with van der Waals surface area (Å²) in [5, 5.41) is 0.731. The second-order valence-corrected chi connectivity index (χ2v) is 6.20. The molecule has 106 valence electrons. The molecule has 0 radical (unpaired) electrons. The molecular weight excluding hydrogens is 303 g/mol. The maximum Gasteiger partial charge on any atom is 0.0576 e. The zero-order valence-corrected chi connectivity index (χ0v) is 13.1. The number of ether oxygens (including phenoxy) is 1. The third kappa shape index (κ3) is 3.78. The molecule has 2 rings (SSSR count). The van der Waals surface area contributed by atoms with Crippen LogP contribution in [0.2, 0.25) is 5.02 Å². The van der Waals surface area contributed by atoms with Crippen LogP contribution in [0.3, 0.4) is 0 Å². The van der Waals surface area contributed by atoms with E-state index in [4.69, 9.17) is 39.5 Å². The molecule has 1 fully saturated rings. The summed E-state index contributed by atoms with van der Waals surface area (Å²) < 4.78 is 5.68. The van der Waals surface area contributed by atoms with Crippen LogP contribution in [0.25, 0.3) is 0 Å². The van der Waals surface area contributed by atoms with Gasteiger partial charge in [-0.25, -0.2) is 0 Å². The smallest absolute Gasteiger partial charge is 0.0576 e. The predicted molar refractivity (Wildman–Crippen MR) is 82.8 cm³/mol. The summed E-state index contributed by atoms with van der Waals surface area (Å²) in [4.78, 5) is 0. The van der Waals surface area contributed by atoms with Gasteiger partial charge in [-0.3, -0.25) is 0 Å². The fraction of sp³-hybridized carbons (Fsp3) is 0.600. The van der Waals surface area contributed by atoms with Gasteiger partial charge in [0.1, 0.15) is 0 Å². The largest absolute Gasteiger partial charge is 0.378 e. The average molecular weight is 322 g/mol. The van der Waals surface area contributed by atoms with Gasteiger partial charge in [0, 0.05) is 28.8 Å². The third-order valence-corrected chi connectivity index (χ3v) is 5.18. The van der Waals surface area contributed by atoms with Crippen LogP contribution in [0, 0.1) is 0 Å². The zero-order valence-electron chi connectivity index (χ0n) is 10.9.